The zero-order valence-corrected chi connectivity index (χ0v) is 21.8. The average Bonchev–Trinajstić information content (AvgIpc) is 3.19. The van der Waals surface area contributed by atoms with Crippen LogP contribution in [0.3, 0.4) is 0 Å². The molecule has 4 aliphatic rings. The Hall–Kier alpha value is -3.26. The molecule has 2 fully saturated rings. The van der Waals surface area contributed by atoms with Gasteiger partial charge in [-0.1, -0.05) is 24.1 Å². The van der Waals surface area contributed by atoms with Crippen LogP contribution in [0.4, 0.5) is 18.9 Å². The molecule has 2 aliphatic heterocycles. The topological polar surface area (TPSA) is 67.4 Å². The third kappa shape index (κ3) is 4.42. The lowest BCUT2D eigenvalue weighted by molar-refractivity contribution is -0.135. The first-order valence-electron chi connectivity index (χ1n) is 13.3. The molecule has 39 heavy (non-hydrogen) atoms. The fourth-order valence-electron chi connectivity index (χ4n) is 6.85. The van der Waals surface area contributed by atoms with E-state index in [-0.39, 0.29) is 18.1 Å². The number of anilines is 1. The fourth-order valence-corrected chi connectivity index (χ4v) is 7.02. The van der Waals surface area contributed by atoms with Crippen LogP contribution in [-0.2, 0) is 15.0 Å². The minimum Gasteiger partial charge on any atom is -0.490 e. The predicted molar refractivity (Wildman–Crippen MR) is 141 cm³/mol. The minimum atomic E-state index is -1.63. The van der Waals surface area contributed by atoms with Gasteiger partial charge in [0.05, 0.1) is 12.1 Å². The zero-order valence-electron chi connectivity index (χ0n) is 21.1. The van der Waals surface area contributed by atoms with Gasteiger partial charge in [0.2, 0.25) is 11.8 Å². The molecule has 5 atom stereocenters. The molecule has 1 spiro atoms. The van der Waals surface area contributed by atoms with Gasteiger partial charge in [-0.15, -0.1) is 0 Å². The molecule has 2 aliphatic carbocycles. The summed E-state index contributed by atoms with van der Waals surface area (Å²) in [5.41, 5.74) is -0.419. The average molecular weight is 557 g/mol. The van der Waals surface area contributed by atoms with E-state index in [4.69, 9.17) is 16.3 Å². The largest absolute Gasteiger partial charge is 0.490 e. The molecule has 9 heteroatoms. The number of amides is 2. The van der Waals surface area contributed by atoms with Crippen LogP contribution in [0.5, 0.6) is 5.75 Å². The quantitative estimate of drug-likeness (QED) is 0.444. The van der Waals surface area contributed by atoms with Gasteiger partial charge in [-0.25, -0.2) is 13.2 Å². The molecular weight excluding hydrogens is 529 g/mol. The molecule has 0 bridgehead atoms. The summed E-state index contributed by atoms with van der Waals surface area (Å²) in [6.45, 7) is 0. The van der Waals surface area contributed by atoms with Crippen molar-refractivity contribution < 1.29 is 27.5 Å². The van der Waals surface area contributed by atoms with Crippen LogP contribution in [0.15, 0.2) is 60.5 Å². The van der Waals surface area contributed by atoms with E-state index in [0.717, 1.165) is 50.3 Å². The number of benzene rings is 2. The second-order valence-electron chi connectivity index (χ2n) is 10.8. The fraction of sp³-hybridized carbons (Fsp3) is 0.400. The summed E-state index contributed by atoms with van der Waals surface area (Å²) >= 11 is 6.24. The van der Waals surface area contributed by atoms with E-state index in [2.05, 4.69) is 10.6 Å². The molecular formula is C30H28ClF3N2O3. The Morgan fingerprint density at radius 2 is 1.82 bits per heavy atom. The molecule has 2 amide bonds. The smallest absolute Gasteiger partial charge is 0.237 e. The van der Waals surface area contributed by atoms with Crippen molar-refractivity contribution in [3.05, 3.63) is 82.4 Å². The number of nitrogens with one attached hydrogen (secondary N) is 2. The monoisotopic (exact) mass is 556 g/mol. The summed E-state index contributed by atoms with van der Waals surface area (Å²) in [5.74, 6) is -3.92. The number of hydrogen-bond donors (Lipinski definition) is 2. The molecule has 0 radical (unpaired) electrons. The van der Waals surface area contributed by atoms with Crippen LogP contribution in [-0.4, -0.2) is 24.1 Å². The van der Waals surface area contributed by atoms with Crippen molar-refractivity contribution in [1.82, 2.24) is 5.32 Å². The lowest BCUT2D eigenvalue weighted by atomic mass is 9.56. The van der Waals surface area contributed by atoms with Crippen LogP contribution in [0.1, 0.15) is 55.7 Å². The van der Waals surface area contributed by atoms with Gasteiger partial charge in [0.1, 0.15) is 29.0 Å². The highest BCUT2D eigenvalue weighted by Crippen LogP contribution is 2.58. The highest BCUT2D eigenvalue weighted by Gasteiger charge is 2.63. The van der Waals surface area contributed by atoms with Gasteiger partial charge in [0.15, 0.2) is 0 Å². The van der Waals surface area contributed by atoms with Crippen LogP contribution in [0.25, 0.3) is 0 Å². The van der Waals surface area contributed by atoms with E-state index in [0.29, 0.717) is 22.0 Å². The van der Waals surface area contributed by atoms with Crippen molar-refractivity contribution in [2.75, 3.05) is 5.32 Å². The Kier molecular flexibility index (Phi) is 6.69. The summed E-state index contributed by atoms with van der Waals surface area (Å²) in [5, 5.41) is 6.15. The maximum absolute atomic E-state index is 15.5. The molecule has 2 N–H and O–H groups in total. The van der Waals surface area contributed by atoms with E-state index in [1.54, 1.807) is 18.2 Å². The predicted octanol–water partition coefficient (Wildman–Crippen LogP) is 6.64. The van der Waals surface area contributed by atoms with Gasteiger partial charge >= 0.3 is 0 Å². The highest BCUT2D eigenvalue weighted by molar-refractivity contribution is 6.31. The Morgan fingerprint density at radius 1 is 1.03 bits per heavy atom. The van der Waals surface area contributed by atoms with Crippen molar-refractivity contribution in [2.24, 2.45) is 11.8 Å². The number of halogens is 4. The Balaban J connectivity index is 1.56. The van der Waals surface area contributed by atoms with Gasteiger partial charge in [-0.05, 0) is 85.7 Å². The summed E-state index contributed by atoms with van der Waals surface area (Å²) in [6, 6.07) is 7.80. The van der Waals surface area contributed by atoms with E-state index in [1.807, 2.05) is 0 Å². The van der Waals surface area contributed by atoms with Gasteiger partial charge in [0.25, 0.3) is 0 Å². The maximum Gasteiger partial charge on any atom is 0.237 e. The molecule has 204 valence electrons. The van der Waals surface area contributed by atoms with E-state index >= 15 is 4.39 Å². The van der Waals surface area contributed by atoms with E-state index in [1.165, 1.54) is 18.2 Å². The summed E-state index contributed by atoms with van der Waals surface area (Å²) in [6.07, 6.45) is 6.14. The second-order valence-corrected chi connectivity index (χ2v) is 11.3. The molecule has 2 aromatic rings. The molecule has 6 rings (SSSR count). The number of hydrogen-bond acceptors (Lipinski definition) is 3. The Labute approximate surface area is 229 Å². The maximum atomic E-state index is 15.5. The molecule has 2 aromatic carbocycles. The normalized spacial score (nSPS) is 30.5. The molecule has 2 unspecified atom stereocenters. The standard InChI is InChI=1S/C30H28ClF3N2O3/c31-16-6-9-22-25(12-16)35-29(38)30(22)23(20-13-17(32)7-10-24(20)34)15-27(37)36-28(30)21-14-18(33)8-11-26(21)39-19-4-2-1-3-5-19/h6-14,19-20,23-24,28H,1-5,15H2,(H,35,38)(H,36,37)/t20?,23-,24?,28+,30-/m0/s1. The first-order chi connectivity index (χ1) is 18.8. The zero-order chi connectivity index (χ0) is 27.3. The van der Waals surface area contributed by atoms with Crippen LogP contribution in [0.2, 0.25) is 5.02 Å². The van der Waals surface area contributed by atoms with Crippen molar-refractivity contribution >= 4 is 29.1 Å². The number of carbonyl (C=O) groups is 2. The lowest BCUT2D eigenvalue weighted by Crippen LogP contribution is -2.60. The second kappa shape index (κ2) is 10.0. The Morgan fingerprint density at radius 3 is 2.62 bits per heavy atom. The third-order valence-corrected chi connectivity index (χ3v) is 8.79. The number of allylic oxidation sites excluding steroid dienone is 4. The lowest BCUT2D eigenvalue weighted by Gasteiger charge is -2.49. The van der Waals surface area contributed by atoms with E-state index < -0.39 is 52.9 Å². The van der Waals surface area contributed by atoms with Crippen molar-refractivity contribution in [3.63, 3.8) is 0 Å². The number of ether oxygens (including phenoxy) is 1. The SMILES string of the molecule is O=C1C[C@@H](C2C=C(F)C=CC2F)[C@]2(C(=O)Nc3cc(Cl)ccc32)[C@@H](c2cc(F)ccc2OC2CCCCC2)N1. The highest BCUT2D eigenvalue weighted by atomic mass is 35.5. The number of fused-ring (bicyclic) bond motifs is 2. The number of piperidine rings is 1. The van der Waals surface area contributed by atoms with Gasteiger partial charge in [0, 0.05) is 28.6 Å². The van der Waals surface area contributed by atoms with Crippen molar-refractivity contribution in [1.29, 1.82) is 0 Å². The van der Waals surface area contributed by atoms with Crippen LogP contribution in [0, 0.1) is 17.7 Å². The Bertz CT molecular complexity index is 1390. The summed E-state index contributed by atoms with van der Waals surface area (Å²) in [7, 11) is 0. The summed E-state index contributed by atoms with van der Waals surface area (Å²) < 4.78 is 51.2. The van der Waals surface area contributed by atoms with E-state index in [9.17, 15) is 18.4 Å². The number of rotatable bonds is 4. The van der Waals surface area contributed by atoms with Crippen molar-refractivity contribution in [3.8, 4) is 5.75 Å². The molecule has 0 aromatic heterocycles. The van der Waals surface area contributed by atoms with Gasteiger partial charge in [-0.3, -0.25) is 9.59 Å². The molecule has 1 saturated carbocycles. The third-order valence-electron chi connectivity index (χ3n) is 8.55. The molecule has 5 nitrogen and oxygen atoms in total. The van der Waals surface area contributed by atoms with Gasteiger partial charge in [-0.2, -0.15) is 0 Å². The molecule has 1 saturated heterocycles. The molecule has 2 heterocycles. The van der Waals surface area contributed by atoms with Gasteiger partial charge < -0.3 is 15.4 Å². The minimum absolute atomic E-state index is 0.0896. The number of alkyl halides is 1. The first kappa shape index (κ1) is 26.0. The first-order valence-corrected chi connectivity index (χ1v) is 13.7. The van der Waals surface area contributed by atoms with Crippen molar-refractivity contribution in [2.45, 2.75) is 62.3 Å². The van der Waals surface area contributed by atoms with Crippen LogP contribution < -0.4 is 15.4 Å². The summed E-state index contributed by atoms with van der Waals surface area (Å²) in [4.78, 5) is 27.4. The van der Waals surface area contributed by atoms with Crippen LogP contribution >= 0.6 is 11.6 Å². The number of carbonyl (C=O) groups excluding carboxylic acids is 2.